The number of hydrogen-bond acceptors (Lipinski definition) is 6. The van der Waals surface area contributed by atoms with Crippen molar-refractivity contribution in [3.05, 3.63) is 0 Å². The second-order valence-electron chi connectivity index (χ2n) is 8.60. The first-order valence-electron chi connectivity index (χ1n) is 9.50. The number of carbonyl (C=O) groups excluding carboxylic acids is 1. The molecule has 4 fully saturated rings. The molecule has 8 heteroatoms. The Hall–Kier alpha value is -1.70. The van der Waals surface area contributed by atoms with Gasteiger partial charge in [0, 0.05) is 25.9 Å². The van der Waals surface area contributed by atoms with Crippen LogP contribution >= 0.6 is 0 Å². The molecule has 1 aromatic heterocycles. The third-order valence-corrected chi connectivity index (χ3v) is 7.09. The van der Waals surface area contributed by atoms with Gasteiger partial charge in [-0.05, 0) is 60.8 Å². The smallest absolute Gasteiger partial charge is 0.242 e. The molecule has 3 aliphatic carbocycles. The number of fused-ring (bicyclic) bond motifs is 4. The maximum atomic E-state index is 12.9. The molecule has 1 amide bonds. The van der Waals surface area contributed by atoms with E-state index < -0.39 is 0 Å². The average Bonchev–Trinajstić information content (AvgIpc) is 3.39. The molecule has 25 heavy (non-hydrogen) atoms. The van der Waals surface area contributed by atoms with E-state index >= 15 is 0 Å². The molecule has 1 aromatic rings. The summed E-state index contributed by atoms with van der Waals surface area (Å²) in [5.74, 6) is 2.44. The summed E-state index contributed by atoms with van der Waals surface area (Å²) in [6.45, 7) is 1.30. The van der Waals surface area contributed by atoms with E-state index in [9.17, 15) is 4.79 Å². The van der Waals surface area contributed by atoms with E-state index in [0.29, 0.717) is 30.9 Å². The summed E-state index contributed by atoms with van der Waals surface area (Å²) in [5, 5.41) is 18.2. The second-order valence-corrected chi connectivity index (χ2v) is 8.60. The van der Waals surface area contributed by atoms with Gasteiger partial charge in [0.25, 0.3) is 0 Å². The number of aryl methyl sites for hydroxylation is 1. The second kappa shape index (κ2) is 5.40. The van der Waals surface area contributed by atoms with E-state index in [1.807, 2.05) is 7.05 Å². The molecular weight excluding hydrogens is 320 g/mol. The summed E-state index contributed by atoms with van der Waals surface area (Å²) in [6.07, 6.45) is 7.81. The Kier molecular flexibility index (Phi) is 3.36. The Labute approximate surface area is 147 Å². The monoisotopic (exact) mass is 346 g/mol. The Morgan fingerprint density at radius 1 is 1.28 bits per heavy atom. The van der Waals surface area contributed by atoms with E-state index in [0.717, 1.165) is 19.3 Å². The van der Waals surface area contributed by atoms with Crippen molar-refractivity contribution in [3.8, 4) is 0 Å². The Balaban J connectivity index is 1.23. The summed E-state index contributed by atoms with van der Waals surface area (Å²) in [6, 6.07) is 0. The van der Waals surface area contributed by atoms with E-state index in [1.165, 1.54) is 25.7 Å². The van der Waals surface area contributed by atoms with Crippen molar-refractivity contribution in [2.24, 2.45) is 24.8 Å². The van der Waals surface area contributed by atoms with Crippen molar-refractivity contribution in [2.45, 2.75) is 56.1 Å². The number of aromatic nitrogens is 4. The highest BCUT2D eigenvalue weighted by atomic mass is 16.5. The minimum Gasteiger partial charge on any atom is -0.371 e. The number of anilines is 1. The molecule has 2 atom stereocenters. The Morgan fingerprint density at radius 2 is 2.04 bits per heavy atom. The number of nitrogens with zero attached hydrogens (tertiary/aromatic N) is 4. The van der Waals surface area contributed by atoms with Crippen LogP contribution in [0, 0.1) is 17.8 Å². The molecule has 4 bridgehead atoms. The van der Waals surface area contributed by atoms with Crippen LogP contribution in [0.15, 0.2) is 0 Å². The number of hydrogen-bond donors (Lipinski definition) is 2. The van der Waals surface area contributed by atoms with Gasteiger partial charge in [0.05, 0.1) is 17.7 Å². The van der Waals surface area contributed by atoms with Crippen LogP contribution in [0.3, 0.4) is 0 Å². The zero-order valence-electron chi connectivity index (χ0n) is 14.7. The number of carbonyl (C=O) groups is 1. The topological polar surface area (TPSA) is 94.0 Å². The van der Waals surface area contributed by atoms with Crippen LogP contribution in [0.5, 0.6) is 0 Å². The minimum absolute atomic E-state index is 0.168. The molecule has 0 spiro atoms. The van der Waals surface area contributed by atoms with Gasteiger partial charge in [-0.1, -0.05) is 5.10 Å². The number of tetrazole rings is 1. The molecule has 2 unspecified atom stereocenters. The van der Waals surface area contributed by atoms with Gasteiger partial charge in [0.1, 0.15) is 0 Å². The fraction of sp³-hybridized carbons (Fsp3) is 0.882. The fourth-order valence-electron chi connectivity index (χ4n) is 5.78. The predicted octanol–water partition coefficient (Wildman–Crippen LogP) is 0.866. The molecule has 1 aliphatic heterocycles. The standard InChI is InChI=1S/C17H26N6O2/c1-23-15(20-21-22-23)18-9-17-7-6-16(8-17,10-25-17)19-14(24)13-11-2-3-12(13)5-4-11/h11-13H,2-10H2,1H3,(H,19,24)(H,18,20,22). The predicted molar refractivity (Wildman–Crippen MR) is 89.6 cm³/mol. The van der Waals surface area contributed by atoms with Gasteiger partial charge in [0.15, 0.2) is 0 Å². The normalized spacial score (nSPS) is 41.4. The molecular formula is C17H26N6O2. The lowest BCUT2D eigenvalue weighted by molar-refractivity contribution is -0.128. The fourth-order valence-corrected chi connectivity index (χ4v) is 5.78. The first-order chi connectivity index (χ1) is 12.1. The van der Waals surface area contributed by atoms with Gasteiger partial charge in [-0.25, -0.2) is 4.68 Å². The van der Waals surface area contributed by atoms with Crippen LogP contribution in [-0.4, -0.2) is 50.4 Å². The zero-order valence-corrected chi connectivity index (χ0v) is 14.7. The highest BCUT2D eigenvalue weighted by Gasteiger charge is 2.57. The average molecular weight is 346 g/mol. The lowest BCUT2D eigenvalue weighted by Crippen LogP contribution is -2.50. The number of ether oxygens (including phenoxy) is 1. The summed E-state index contributed by atoms with van der Waals surface area (Å²) < 4.78 is 7.78. The summed E-state index contributed by atoms with van der Waals surface area (Å²) in [4.78, 5) is 12.9. The van der Waals surface area contributed by atoms with Gasteiger partial charge < -0.3 is 15.4 Å². The van der Waals surface area contributed by atoms with Gasteiger partial charge >= 0.3 is 0 Å². The van der Waals surface area contributed by atoms with Crippen molar-refractivity contribution in [3.63, 3.8) is 0 Å². The van der Waals surface area contributed by atoms with Crippen LogP contribution in [0.25, 0.3) is 0 Å². The molecule has 0 radical (unpaired) electrons. The molecule has 8 nitrogen and oxygen atoms in total. The van der Waals surface area contributed by atoms with Crippen LogP contribution < -0.4 is 10.6 Å². The van der Waals surface area contributed by atoms with Crippen molar-refractivity contribution in [1.29, 1.82) is 0 Å². The summed E-state index contributed by atoms with van der Waals surface area (Å²) in [5.41, 5.74) is -0.382. The first kappa shape index (κ1) is 15.5. The highest BCUT2D eigenvalue weighted by molar-refractivity contribution is 5.81. The van der Waals surface area contributed by atoms with Crippen molar-refractivity contribution >= 4 is 11.9 Å². The molecule has 1 saturated heterocycles. The SMILES string of the molecule is Cn1nnnc1NCC12CCC(NC(=O)C3C4CCC3CC4)(CO1)C2. The zero-order chi connectivity index (χ0) is 17.1. The molecule has 2 N–H and O–H groups in total. The summed E-state index contributed by atoms with van der Waals surface area (Å²) in [7, 11) is 1.81. The maximum Gasteiger partial charge on any atom is 0.242 e. The largest absolute Gasteiger partial charge is 0.371 e. The van der Waals surface area contributed by atoms with Crippen molar-refractivity contribution in [2.75, 3.05) is 18.5 Å². The Morgan fingerprint density at radius 3 is 2.64 bits per heavy atom. The molecule has 3 saturated carbocycles. The first-order valence-corrected chi connectivity index (χ1v) is 9.50. The van der Waals surface area contributed by atoms with E-state index in [4.69, 9.17) is 4.74 Å². The van der Waals surface area contributed by atoms with Gasteiger partial charge in [-0.3, -0.25) is 4.79 Å². The van der Waals surface area contributed by atoms with Crippen LogP contribution in [0.1, 0.15) is 44.9 Å². The van der Waals surface area contributed by atoms with Crippen molar-refractivity contribution < 1.29 is 9.53 Å². The van der Waals surface area contributed by atoms with E-state index in [1.54, 1.807) is 4.68 Å². The third-order valence-electron chi connectivity index (χ3n) is 7.09. The number of nitrogens with one attached hydrogen (secondary N) is 2. The molecule has 2 heterocycles. The number of amides is 1. The lowest BCUT2D eigenvalue weighted by atomic mass is 9.93. The lowest BCUT2D eigenvalue weighted by Gasteiger charge is -2.30. The van der Waals surface area contributed by atoms with Gasteiger partial charge in [-0.2, -0.15) is 0 Å². The van der Waals surface area contributed by atoms with Crippen LogP contribution in [0.2, 0.25) is 0 Å². The van der Waals surface area contributed by atoms with E-state index in [-0.39, 0.29) is 23.0 Å². The number of rotatable bonds is 5. The van der Waals surface area contributed by atoms with Crippen LogP contribution in [-0.2, 0) is 16.6 Å². The molecule has 136 valence electrons. The quantitative estimate of drug-likeness (QED) is 0.821. The molecule has 5 rings (SSSR count). The molecule has 4 aliphatic rings. The summed E-state index contributed by atoms with van der Waals surface area (Å²) >= 11 is 0. The highest BCUT2D eigenvalue weighted by Crippen LogP contribution is 2.51. The van der Waals surface area contributed by atoms with Crippen molar-refractivity contribution in [1.82, 2.24) is 25.5 Å². The van der Waals surface area contributed by atoms with E-state index in [2.05, 4.69) is 26.2 Å². The third kappa shape index (κ3) is 2.45. The Bertz CT molecular complexity index is 660. The van der Waals surface area contributed by atoms with Crippen LogP contribution in [0.4, 0.5) is 5.95 Å². The van der Waals surface area contributed by atoms with Gasteiger partial charge in [-0.15, -0.1) is 0 Å². The maximum absolute atomic E-state index is 12.9. The minimum atomic E-state index is -0.214. The van der Waals surface area contributed by atoms with Gasteiger partial charge in [0.2, 0.25) is 11.9 Å². The molecule has 0 aromatic carbocycles.